The predicted molar refractivity (Wildman–Crippen MR) is 53.6 cm³/mol. The Balaban J connectivity index is 2.63. The first-order valence-electron chi connectivity index (χ1n) is 3.90. The SMILES string of the molecule is NC(=S)Cc1ccc(OC(F)F)cc1. The first-order valence-corrected chi connectivity index (χ1v) is 4.31. The minimum Gasteiger partial charge on any atom is -0.435 e. The quantitative estimate of drug-likeness (QED) is 0.784. The van der Waals surface area contributed by atoms with Gasteiger partial charge in [0.05, 0.1) is 4.99 Å². The number of thiocarbonyl (C=S) groups is 1. The molecule has 0 saturated heterocycles. The van der Waals surface area contributed by atoms with Crippen molar-refractivity contribution in [1.82, 2.24) is 0 Å². The Kier molecular flexibility index (Phi) is 3.76. The Morgan fingerprint density at radius 3 is 2.36 bits per heavy atom. The topological polar surface area (TPSA) is 35.2 Å². The van der Waals surface area contributed by atoms with Gasteiger partial charge in [0.2, 0.25) is 0 Å². The second-order valence-corrected chi connectivity index (χ2v) is 3.19. The molecule has 0 aromatic heterocycles. The number of hydrogen-bond acceptors (Lipinski definition) is 2. The lowest BCUT2D eigenvalue weighted by Gasteiger charge is -2.04. The first-order chi connectivity index (χ1) is 6.58. The van der Waals surface area contributed by atoms with E-state index in [4.69, 9.17) is 18.0 Å². The standard InChI is InChI=1S/C9H9F2NOS/c10-9(11)13-7-3-1-6(2-4-7)5-8(12)14/h1-4,9H,5H2,(H2,12,14). The van der Waals surface area contributed by atoms with E-state index >= 15 is 0 Å². The van der Waals surface area contributed by atoms with Crippen molar-refractivity contribution in [3.8, 4) is 5.75 Å². The molecule has 0 radical (unpaired) electrons. The lowest BCUT2D eigenvalue weighted by atomic mass is 10.1. The fraction of sp³-hybridized carbons (Fsp3) is 0.222. The molecule has 0 aliphatic rings. The first kappa shape index (κ1) is 10.8. The predicted octanol–water partition coefficient (Wildman–Crippen LogP) is 2.12. The molecule has 0 saturated carbocycles. The molecule has 14 heavy (non-hydrogen) atoms. The van der Waals surface area contributed by atoms with Gasteiger partial charge in [0.15, 0.2) is 0 Å². The Morgan fingerprint density at radius 1 is 1.36 bits per heavy atom. The van der Waals surface area contributed by atoms with E-state index in [1.165, 1.54) is 12.1 Å². The number of ether oxygens (including phenoxy) is 1. The molecular weight excluding hydrogens is 208 g/mol. The van der Waals surface area contributed by atoms with Gasteiger partial charge in [0, 0.05) is 6.42 Å². The third-order valence-electron chi connectivity index (χ3n) is 1.53. The van der Waals surface area contributed by atoms with Crippen molar-refractivity contribution in [2.45, 2.75) is 13.0 Å². The Bertz CT molecular complexity index is 313. The maximum Gasteiger partial charge on any atom is 0.387 e. The van der Waals surface area contributed by atoms with Crippen LogP contribution < -0.4 is 10.5 Å². The van der Waals surface area contributed by atoms with Crippen LogP contribution in [0.3, 0.4) is 0 Å². The molecule has 0 bridgehead atoms. The van der Waals surface area contributed by atoms with Crippen molar-refractivity contribution in [2.24, 2.45) is 5.73 Å². The summed E-state index contributed by atoms with van der Waals surface area (Å²) in [5.74, 6) is 0.131. The van der Waals surface area contributed by atoms with Crippen molar-refractivity contribution in [2.75, 3.05) is 0 Å². The van der Waals surface area contributed by atoms with Gasteiger partial charge in [-0.2, -0.15) is 8.78 Å². The maximum absolute atomic E-state index is 11.8. The Hall–Kier alpha value is -1.23. The van der Waals surface area contributed by atoms with Gasteiger partial charge in [-0.05, 0) is 17.7 Å². The van der Waals surface area contributed by atoms with Crippen molar-refractivity contribution in [3.63, 3.8) is 0 Å². The van der Waals surface area contributed by atoms with Crippen LogP contribution in [-0.4, -0.2) is 11.6 Å². The number of alkyl halides is 2. The summed E-state index contributed by atoms with van der Waals surface area (Å²) in [7, 11) is 0. The highest BCUT2D eigenvalue weighted by Crippen LogP contribution is 2.14. The summed E-state index contributed by atoms with van der Waals surface area (Å²) >= 11 is 4.71. The van der Waals surface area contributed by atoms with E-state index in [-0.39, 0.29) is 5.75 Å². The molecule has 1 rings (SSSR count). The highest BCUT2D eigenvalue weighted by molar-refractivity contribution is 7.80. The highest BCUT2D eigenvalue weighted by atomic mass is 32.1. The molecule has 0 fully saturated rings. The minimum atomic E-state index is -2.79. The molecule has 0 aliphatic carbocycles. The van der Waals surface area contributed by atoms with Crippen LogP contribution in [0.15, 0.2) is 24.3 Å². The van der Waals surface area contributed by atoms with Crippen LogP contribution in [0.5, 0.6) is 5.75 Å². The molecule has 0 unspecified atom stereocenters. The molecule has 2 N–H and O–H groups in total. The maximum atomic E-state index is 11.8. The molecule has 0 heterocycles. The molecule has 1 aromatic carbocycles. The van der Waals surface area contributed by atoms with Crippen LogP contribution in [0.4, 0.5) is 8.78 Å². The number of halogens is 2. The fourth-order valence-electron chi connectivity index (χ4n) is 0.990. The van der Waals surface area contributed by atoms with Gasteiger partial charge in [0.1, 0.15) is 5.75 Å². The van der Waals surface area contributed by atoms with E-state index < -0.39 is 6.61 Å². The Morgan fingerprint density at radius 2 is 1.93 bits per heavy atom. The minimum absolute atomic E-state index is 0.131. The van der Waals surface area contributed by atoms with Gasteiger partial charge in [-0.3, -0.25) is 0 Å². The van der Waals surface area contributed by atoms with Crippen molar-refractivity contribution >= 4 is 17.2 Å². The normalized spacial score (nSPS) is 10.2. The third-order valence-corrected chi connectivity index (χ3v) is 1.67. The van der Waals surface area contributed by atoms with Crippen LogP contribution >= 0.6 is 12.2 Å². The van der Waals surface area contributed by atoms with E-state index in [1.807, 2.05) is 0 Å². The molecule has 1 aromatic rings. The molecule has 2 nitrogen and oxygen atoms in total. The fourth-order valence-corrected chi connectivity index (χ4v) is 1.16. The van der Waals surface area contributed by atoms with E-state index in [2.05, 4.69) is 4.74 Å². The smallest absolute Gasteiger partial charge is 0.387 e. The molecule has 76 valence electrons. The van der Waals surface area contributed by atoms with Crippen LogP contribution in [0, 0.1) is 0 Å². The molecule has 0 atom stereocenters. The molecule has 5 heteroatoms. The second-order valence-electron chi connectivity index (χ2n) is 2.67. The van der Waals surface area contributed by atoms with Crippen LogP contribution in [0.2, 0.25) is 0 Å². The summed E-state index contributed by atoms with van der Waals surface area (Å²) < 4.78 is 27.7. The molecular formula is C9H9F2NOS. The van der Waals surface area contributed by atoms with Crippen molar-refractivity contribution in [3.05, 3.63) is 29.8 Å². The molecule has 0 aliphatic heterocycles. The van der Waals surface area contributed by atoms with Gasteiger partial charge >= 0.3 is 6.61 Å². The van der Waals surface area contributed by atoms with Crippen LogP contribution in [0.25, 0.3) is 0 Å². The van der Waals surface area contributed by atoms with Gasteiger partial charge in [0.25, 0.3) is 0 Å². The summed E-state index contributed by atoms with van der Waals surface area (Å²) in [6, 6.07) is 6.22. The summed E-state index contributed by atoms with van der Waals surface area (Å²) in [5.41, 5.74) is 6.20. The summed E-state index contributed by atoms with van der Waals surface area (Å²) in [6.45, 7) is -2.79. The summed E-state index contributed by atoms with van der Waals surface area (Å²) in [4.78, 5) is 0.368. The number of rotatable bonds is 4. The zero-order valence-electron chi connectivity index (χ0n) is 7.24. The van der Waals surface area contributed by atoms with Crippen molar-refractivity contribution < 1.29 is 13.5 Å². The number of nitrogens with two attached hydrogens (primary N) is 1. The van der Waals surface area contributed by atoms with Gasteiger partial charge in [-0.25, -0.2) is 0 Å². The van der Waals surface area contributed by atoms with E-state index in [0.717, 1.165) is 5.56 Å². The average Bonchev–Trinajstić information content (AvgIpc) is 2.06. The monoisotopic (exact) mass is 217 g/mol. The number of benzene rings is 1. The summed E-state index contributed by atoms with van der Waals surface area (Å²) in [6.07, 6.45) is 0.463. The zero-order valence-corrected chi connectivity index (χ0v) is 8.06. The lowest BCUT2D eigenvalue weighted by molar-refractivity contribution is -0.0498. The Labute approximate surface area is 85.7 Å². The molecule has 0 amide bonds. The van der Waals surface area contributed by atoms with Crippen LogP contribution in [-0.2, 0) is 6.42 Å². The van der Waals surface area contributed by atoms with Crippen molar-refractivity contribution in [1.29, 1.82) is 0 Å². The second kappa shape index (κ2) is 4.85. The van der Waals surface area contributed by atoms with E-state index in [1.54, 1.807) is 12.1 Å². The lowest BCUT2D eigenvalue weighted by Crippen LogP contribution is -2.10. The largest absolute Gasteiger partial charge is 0.435 e. The van der Waals surface area contributed by atoms with Crippen LogP contribution in [0.1, 0.15) is 5.56 Å². The van der Waals surface area contributed by atoms with E-state index in [9.17, 15) is 8.78 Å². The number of hydrogen-bond donors (Lipinski definition) is 1. The highest BCUT2D eigenvalue weighted by Gasteiger charge is 2.03. The van der Waals surface area contributed by atoms with Gasteiger partial charge < -0.3 is 10.5 Å². The molecule has 0 spiro atoms. The van der Waals surface area contributed by atoms with E-state index in [0.29, 0.717) is 11.4 Å². The third kappa shape index (κ3) is 3.66. The zero-order chi connectivity index (χ0) is 10.6. The summed E-state index contributed by atoms with van der Waals surface area (Å²) in [5, 5.41) is 0. The average molecular weight is 217 g/mol. The van der Waals surface area contributed by atoms with Gasteiger partial charge in [-0.1, -0.05) is 24.4 Å². The van der Waals surface area contributed by atoms with Gasteiger partial charge in [-0.15, -0.1) is 0 Å².